The molecule has 4 aliphatic rings. The highest BCUT2D eigenvalue weighted by Gasteiger charge is 2.40. The molecule has 0 spiro atoms. The first-order valence-electron chi connectivity index (χ1n) is 9.32. The molecular formula is C18H30N2O2. The van der Waals surface area contributed by atoms with Gasteiger partial charge in [-0.1, -0.05) is 6.92 Å². The fourth-order valence-corrected chi connectivity index (χ4v) is 4.51. The summed E-state index contributed by atoms with van der Waals surface area (Å²) in [7, 11) is 0. The molecule has 0 aromatic heterocycles. The van der Waals surface area contributed by atoms with Crippen LogP contribution in [0.5, 0.6) is 0 Å². The van der Waals surface area contributed by atoms with Crippen molar-refractivity contribution in [3.05, 3.63) is 0 Å². The predicted octanol–water partition coefficient (Wildman–Crippen LogP) is 1.99. The van der Waals surface area contributed by atoms with Crippen molar-refractivity contribution in [1.82, 2.24) is 9.80 Å². The molecule has 4 heteroatoms. The van der Waals surface area contributed by atoms with Gasteiger partial charge >= 0.3 is 0 Å². The topological polar surface area (TPSA) is 32.8 Å². The number of rotatable bonds is 3. The van der Waals surface area contributed by atoms with Gasteiger partial charge in [0.1, 0.15) is 0 Å². The maximum atomic E-state index is 12.6. The fraction of sp³-hybridized carbons (Fsp3) is 0.944. The average molecular weight is 306 g/mol. The Hall–Kier alpha value is -0.610. The zero-order valence-electron chi connectivity index (χ0n) is 13.9. The van der Waals surface area contributed by atoms with E-state index in [1.165, 1.54) is 25.9 Å². The largest absolute Gasteiger partial charge is 0.375 e. The van der Waals surface area contributed by atoms with Gasteiger partial charge in [0.2, 0.25) is 5.91 Å². The van der Waals surface area contributed by atoms with Crippen molar-refractivity contribution in [3.8, 4) is 0 Å². The summed E-state index contributed by atoms with van der Waals surface area (Å²) in [6.07, 6.45) is 6.44. The highest BCUT2D eigenvalue weighted by atomic mass is 16.5. The van der Waals surface area contributed by atoms with Crippen molar-refractivity contribution in [1.29, 1.82) is 0 Å². The second-order valence-electron chi connectivity index (χ2n) is 8.22. The van der Waals surface area contributed by atoms with Crippen molar-refractivity contribution in [2.45, 2.75) is 45.1 Å². The number of carbonyl (C=O) groups excluding carboxylic acids is 1. The van der Waals surface area contributed by atoms with Crippen LogP contribution in [0.25, 0.3) is 0 Å². The first-order valence-corrected chi connectivity index (χ1v) is 9.32. The molecule has 0 radical (unpaired) electrons. The van der Waals surface area contributed by atoms with Gasteiger partial charge in [0.25, 0.3) is 0 Å². The summed E-state index contributed by atoms with van der Waals surface area (Å²) >= 11 is 0. The predicted molar refractivity (Wildman–Crippen MR) is 85.5 cm³/mol. The lowest BCUT2D eigenvalue weighted by atomic mass is 9.75. The van der Waals surface area contributed by atoms with Crippen LogP contribution in [0.15, 0.2) is 0 Å². The van der Waals surface area contributed by atoms with Gasteiger partial charge in [-0.15, -0.1) is 0 Å². The van der Waals surface area contributed by atoms with Gasteiger partial charge in [0, 0.05) is 44.6 Å². The summed E-state index contributed by atoms with van der Waals surface area (Å²) in [5.74, 6) is 3.05. The summed E-state index contributed by atoms with van der Waals surface area (Å²) < 4.78 is 6.14. The van der Waals surface area contributed by atoms with Crippen molar-refractivity contribution >= 4 is 5.91 Å². The van der Waals surface area contributed by atoms with Crippen LogP contribution < -0.4 is 0 Å². The van der Waals surface area contributed by atoms with Crippen LogP contribution in [-0.4, -0.2) is 61.1 Å². The number of carbonyl (C=O) groups is 1. The lowest BCUT2D eigenvalue weighted by molar-refractivity contribution is -0.145. The first kappa shape index (κ1) is 14.9. The van der Waals surface area contributed by atoms with Crippen LogP contribution in [0.3, 0.4) is 0 Å². The molecule has 1 amide bonds. The normalized spacial score (nSPS) is 39.8. The molecule has 2 aliphatic carbocycles. The first-order chi connectivity index (χ1) is 10.7. The van der Waals surface area contributed by atoms with Gasteiger partial charge in [0.05, 0.1) is 12.7 Å². The Labute approximate surface area is 134 Å². The molecule has 22 heavy (non-hydrogen) atoms. The number of amides is 1. The molecule has 2 aliphatic heterocycles. The summed E-state index contributed by atoms with van der Waals surface area (Å²) in [6, 6.07) is 0. The maximum absolute atomic E-state index is 12.6. The minimum atomic E-state index is 0.277. The Kier molecular flexibility index (Phi) is 4.16. The highest BCUT2D eigenvalue weighted by molar-refractivity contribution is 5.79. The SMILES string of the molecule is CC1CC(C(=O)N2CC[C@@H]3CN(CC4CC4)CCO[C@@H]3C2)C1. The van der Waals surface area contributed by atoms with Gasteiger partial charge in [-0.05, 0) is 43.9 Å². The molecule has 4 fully saturated rings. The maximum Gasteiger partial charge on any atom is 0.225 e. The van der Waals surface area contributed by atoms with Crippen LogP contribution in [0.4, 0.5) is 0 Å². The van der Waals surface area contributed by atoms with Crippen molar-refractivity contribution in [3.63, 3.8) is 0 Å². The Balaban J connectivity index is 1.32. The molecule has 0 bridgehead atoms. The number of fused-ring (bicyclic) bond motifs is 1. The lowest BCUT2D eigenvalue weighted by Gasteiger charge is -2.42. The molecule has 2 heterocycles. The van der Waals surface area contributed by atoms with Gasteiger partial charge < -0.3 is 14.5 Å². The van der Waals surface area contributed by atoms with Crippen LogP contribution in [-0.2, 0) is 9.53 Å². The molecular weight excluding hydrogens is 276 g/mol. The zero-order chi connectivity index (χ0) is 15.1. The van der Waals surface area contributed by atoms with E-state index >= 15 is 0 Å². The second kappa shape index (κ2) is 6.12. The molecule has 4 rings (SSSR count). The van der Waals surface area contributed by atoms with Crippen molar-refractivity contribution in [2.75, 3.05) is 39.3 Å². The smallest absolute Gasteiger partial charge is 0.225 e. The third-order valence-corrected chi connectivity index (χ3v) is 6.18. The fourth-order valence-electron chi connectivity index (χ4n) is 4.51. The summed E-state index contributed by atoms with van der Waals surface area (Å²) in [4.78, 5) is 17.3. The van der Waals surface area contributed by atoms with Gasteiger partial charge in [-0.3, -0.25) is 4.79 Å². The van der Waals surface area contributed by atoms with E-state index < -0.39 is 0 Å². The molecule has 4 nitrogen and oxygen atoms in total. The number of hydrogen-bond donors (Lipinski definition) is 0. The van der Waals surface area contributed by atoms with Crippen LogP contribution in [0, 0.1) is 23.7 Å². The van der Waals surface area contributed by atoms with Crippen molar-refractivity contribution < 1.29 is 9.53 Å². The summed E-state index contributed by atoms with van der Waals surface area (Å²) in [5.41, 5.74) is 0. The molecule has 0 N–H and O–H groups in total. The monoisotopic (exact) mass is 306 g/mol. The van der Waals surface area contributed by atoms with E-state index in [-0.39, 0.29) is 6.10 Å². The quantitative estimate of drug-likeness (QED) is 0.799. The highest BCUT2D eigenvalue weighted by Crippen LogP contribution is 2.36. The molecule has 124 valence electrons. The summed E-state index contributed by atoms with van der Waals surface area (Å²) in [5, 5.41) is 0. The van der Waals surface area contributed by atoms with Gasteiger partial charge in [-0.2, -0.15) is 0 Å². The minimum Gasteiger partial charge on any atom is -0.375 e. The van der Waals surface area contributed by atoms with Gasteiger partial charge in [0.15, 0.2) is 0 Å². The number of hydrogen-bond acceptors (Lipinski definition) is 3. The number of piperidine rings is 1. The third kappa shape index (κ3) is 3.18. The van der Waals surface area contributed by atoms with E-state index in [9.17, 15) is 4.79 Å². The molecule has 0 unspecified atom stereocenters. The number of likely N-dealkylation sites (tertiary alicyclic amines) is 1. The Bertz CT molecular complexity index is 417. The van der Waals surface area contributed by atoms with Crippen LogP contribution >= 0.6 is 0 Å². The van der Waals surface area contributed by atoms with Crippen LogP contribution in [0.1, 0.15) is 39.0 Å². The van der Waals surface area contributed by atoms with E-state index in [4.69, 9.17) is 4.74 Å². The Morgan fingerprint density at radius 1 is 1.14 bits per heavy atom. The van der Waals surface area contributed by atoms with E-state index in [0.29, 0.717) is 17.7 Å². The third-order valence-electron chi connectivity index (χ3n) is 6.18. The zero-order valence-corrected chi connectivity index (χ0v) is 13.9. The second-order valence-corrected chi connectivity index (χ2v) is 8.22. The Morgan fingerprint density at radius 2 is 1.95 bits per heavy atom. The minimum absolute atomic E-state index is 0.277. The van der Waals surface area contributed by atoms with Gasteiger partial charge in [-0.25, -0.2) is 0 Å². The van der Waals surface area contributed by atoms with E-state index in [2.05, 4.69) is 16.7 Å². The number of nitrogens with zero attached hydrogens (tertiary/aromatic N) is 2. The lowest BCUT2D eigenvalue weighted by Crippen LogP contribution is -2.52. The van der Waals surface area contributed by atoms with Crippen LogP contribution in [0.2, 0.25) is 0 Å². The van der Waals surface area contributed by atoms with E-state index in [0.717, 1.165) is 57.3 Å². The molecule has 2 saturated heterocycles. The standard InChI is InChI=1S/C18H30N2O2/c1-13-8-16(9-13)18(21)20-5-4-15-11-19(10-14-2-3-14)6-7-22-17(15)12-20/h13-17H,2-12H2,1H3/t13?,15-,16?,17-/m1/s1. The molecule has 0 aromatic rings. The molecule has 2 saturated carbocycles. The molecule has 2 atom stereocenters. The average Bonchev–Trinajstić information content (AvgIpc) is 3.29. The van der Waals surface area contributed by atoms with E-state index in [1.807, 2.05) is 0 Å². The van der Waals surface area contributed by atoms with E-state index in [1.54, 1.807) is 0 Å². The number of ether oxygens (including phenoxy) is 1. The summed E-state index contributed by atoms with van der Waals surface area (Å²) in [6.45, 7) is 8.42. The van der Waals surface area contributed by atoms with Crippen molar-refractivity contribution in [2.24, 2.45) is 23.7 Å². The Morgan fingerprint density at radius 3 is 2.68 bits per heavy atom. The molecule has 0 aromatic carbocycles.